The Morgan fingerprint density at radius 3 is 2.25 bits per heavy atom. The summed E-state index contributed by atoms with van der Waals surface area (Å²) in [5.41, 5.74) is 1.73. The van der Waals surface area contributed by atoms with E-state index in [-0.39, 0.29) is 10.7 Å². The SMILES string of the molecule is Cc1ccc(C(=O)N[C@@H](NC(=S)Nc2cccc(C(=O)[O-])c2)C(Cl)(Cl)Cl)cc1. The number of thiocarbonyl (C=S) groups is 1. The van der Waals surface area contributed by atoms with Crippen LogP contribution >= 0.6 is 47.0 Å². The fourth-order valence-electron chi connectivity index (χ4n) is 2.14. The molecule has 2 rings (SSSR count). The standard InChI is InChI=1S/C18H16Cl3N3O3S/c1-10-5-7-11(8-6-10)14(25)23-16(18(19,20)21)24-17(28)22-13-4-2-3-12(9-13)15(26)27/h2-9,16H,1H3,(H,23,25)(H,26,27)(H2,22,24,28)/p-1/t16-/m0/s1. The fourth-order valence-corrected chi connectivity index (χ4v) is 2.70. The molecule has 148 valence electrons. The lowest BCUT2D eigenvalue weighted by Gasteiger charge is -2.28. The summed E-state index contributed by atoms with van der Waals surface area (Å²) in [5, 5.41) is 19.0. The van der Waals surface area contributed by atoms with Crippen LogP contribution in [-0.4, -0.2) is 26.9 Å². The largest absolute Gasteiger partial charge is 0.545 e. The van der Waals surface area contributed by atoms with Gasteiger partial charge >= 0.3 is 0 Å². The Balaban J connectivity index is 2.08. The molecule has 6 nitrogen and oxygen atoms in total. The van der Waals surface area contributed by atoms with Crippen LogP contribution in [0.2, 0.25) is 0 Å². The Morgan fingerprint density at radius 2 is 1.68 bits per heavy atom. The van der Waals surface area contributed by atoms with Crippen LogP contribution in [0.3, 0.4) is 0 Å². The first-order chi connectivity index (χ1) is 13.1. The number of carbonyl (C=O) groups is 2. The molecule has 10 heteroatoms. The number of carboxylic acids is 1. The fraction of sp³-hybridized carbons (Fsp3) is 0.167. The monoisotopic (exact) mass is 458 g/mol. The molecule has 3 N–H and O–H groups in total. The molecule has 0 aliphatic heterocycles. The van der Waals surface area contributed by atoms with E-state index in [1.165, 1.54) is 18.2 Å². The predicted octanol–water partition coefficient (Wildman–Crippen LogP) is 2.77. The van der Waals surface area contributed by atoms with Crippen molar-refractivity contribution in [2.75, 3.05) is 5.32 Å². The number of hydrogen-bond donors (Lipinski definition) is 3. The van der Waals surface area contributed by atoms with Gasteiger partial charge < -0.3 is 25.9 Å². The van der Waals surface area contributed by atoms with Crippen molar-refractivity contribution in [3.63, 3.8) is 0 Å². The molecule has 0 fully saturated rings. The van der Waals surface area contributed by atoms with Crippen LogP contribution in [0.4, 0.5) is 5.69 Å². The third kappa shape index (κ3) is 6.53. The van der Waals surface area contributed by atoms with Crippen molar-refractivity contribution in [3.8, 4) is 0 Å². The van der Waals surface area contributed by atoms with Crippen LogP contribution in [0.25, 0.3) is 0 Å². The van der Waals surface area contributed by atoms with Gasteiger partial charge in [0, 0.05) is 11.3 Å². The van der Waals surface area contributed by atoms with Gasteiger partial charge in [0.1, 0.15) is 6.17 Å². The molecule has 0 aliphatic carbocycles. The van der Waals surface area contributed by atoms with Gasteiger partial charge in [0.25, 0.3) is 5.91 Å². The van der Waals surface area contributed by atoms with Crippen LogP contribution in [0.1, 0.15) is 26.3 Å². The molecular weight excluding hydrogens is 445 g/mol. The second-order valence-corrected chi connectivity index (χ2v) is 8.56. The summed E-state index contributed by atoms with van der Waals surface area (Å²) < 4.78 is -1.92. The summed E-state index contributed by atoms with van der Waals surface area (Å²) in [4.78, 5) is 23.3. The highest BCUT2D eigenvalue weighted by molar-refractivity contribution is 7.80. The van der Waals surface area contributed by atoms with Crippen molar-refractivity contribution >= 4 is 69.7 Å². The summed E-state index contributed by atoms with van der Waals surface area (Å²) in [7, 11) is 0. The minimum Gasteiger partial charge on any atom is -0.545 e. The Kier molecular flexibility index (Phi) is 7.48. The molecule has 0 aromatic heterocycles. The first-order valence-electron chi connectivity index (χ1n) is 7.89. The number of amides is 1. The van der Waals surface area contributed by atoms with Gasteiger partial charge in [-0.15, -0.1) is 0 Å². The molecule has 0 spiro atoms. The van der Waals surface area contributed by atoms with E-state index >= 15 is 0 Å². The maximum absolute atomic E-state index is 12.4. The second-order valence-electron chi connectivity index (χ2n) is 5.78. The van der Waals surface area contributed by atoms with E-state index in [4.69, 9.17) is 47.0 Å². The number of halogens is 3. The van der Waals surface area contributed by atoms with Gasteiger partial charge in [-0.3, -0.25) is 4.79 Å². The van der Waals surface area contributed by atoms with E-state index in [9.17, 15) is 14.7 Å². The molecule has 0 bridgehead atoms. The minimum absolute atomic E-state index is 0.0102. The van der Waals surface area contributed by atoms with Crippen molar-refractivity contribution in [3.05, 3.63) is 65.2 Å². The van der Waals surface area contributed by atoms with E-state index < -0.39 is 21.8 Å². The maximum Gasteiger partial charge on any atom is 0.252 e. The summed E-state index contributed by atoms with van der Waals surface area (Å²) in [6.07, 6.45) is -1.16. The van der Waals surface area contributed by atoms with Gasteiger partial charge in [-0.1, -0.05) is 64.6 Å². The van der Waals surface area contributed by atoms with E-state index in [1.807, 2.05) is 6.92 Å². The van der Waals surface area contributed by atoms with E-state index in [0.29, 0.717) is 11.3 Å². The number of alkyl halides is 3. The van der Waals surface area contributed by atoms with Crippen molar-refractivity contribution in [2.24, 2.45) is 0 Å². The Morgan fingerprint density at radius 1 is 1.04 bits per heavy atom. The molecule has 0 unspecified atom stereocenters. The van der Waals surface area contributed by atoms with Crippen LogP contribution in [0, 0.1) is 6.92 Å². The van der Waals surface area contributed by atoms with Crippen LogP contribution in [-0.2, 0) is 0 Å². The molecule has 0 radical (unpaired) electrons. The normalized spacial score (nSPS) is 12.0. The van der Waals surface area contributed by atoms with Gasteiger partial charge in [0.2, 0.25) is 3.79 Å². The predicted molar refractivity (Wildman–Crippen MR) is 113 cm³/mol. The zero-order valence-corrected chi connectivity index (χ0v) is 17.5. The van der Waals surface area contributed by atoms with Gasteiger partial charge in [-0.05, 0) is 49.0 Å². The molecule has 0 saturated carbocycles. The first kappa shape index (κ1) is 22.2. The van der Waals surface area contributed by atoms with Crippen LogP contribution in [0.5, 0.6) is 0 Å². The molecule has 0 aliphatic rings. The topological polar surface area (TPSA) is 93.3 Å². The van der Waals surface area contributed by atoms with Gasteiger partial charge in [-0.2, -0.15) is 0 Å². The number of benzene rings is 2. The highest BCUT2D eigenvalue weighted by Gasteiger charge is 2.34. The Labute approximate surface area is 182 Å². The number of carboxylic acid groups (broad SMARTS) is 1. The smallest absolute Gasteiger partial charge is 0.252 e. The van der Waals surface area contributed by atoms with Gasteiger partial charge in [0.05, 0.1) is 5.97 Å². The molecule has 1 amide bonds. The number of nitrogens with one attached hydrogen (secondary N) is 3. The van der Waals surface area contributed by atoms with Crippen LogP contribution < -0.4 is 21.1 Å². The summed E-state index contributed by atoms with van der Waals surface area (Å²) in [6, 6.07) is 12.7. The number of aromatic carboxylic acids is 1. The number of carbonyl (C=O) groups excluding carboxylic acids is 2. The summed E-state index contributed by atoms with van der Waals surface area (Å²) in [5.74, 6) is -1.79. The zero-order chi connectivity index (χ0) is 20.9. The first-order valence-corrected chi connectivity index (χ1v) is 9.43. The second kappa shape index (κ2) is 9.43. The lowest BCUT2D eigenvalue weighted by atomic mass is 10.1. The van der Waals surface area contributed by atoms with E-state index in [0.717, 1.165) is 5.56 Å². The lowest BCUT2D eigenvalue weighted by molar-refractivity contribution is -0.255. The molecule has 28 heavy (non-hydrogen) atoms. The summed E-state index contributed by atoms with van der Waals surface area (Å²) >= 11 is 23.0. The lowest BCUT2D eigenvalue weighted by Crippen LogP contribution is -2.56. The van der Waals surface area contributed by atoms with E-state index in [1.54, 1.807) is 30.3 Å². The average Bonchev–Trinajstić information content (AvgIpc) is 2.61. The molecule has 0 heterocycles. The minimum atomic E-state index is -1.92. The van der Waals surface area contributed by atoms with Crippen molar-refractivity contribution < 1.29 is 14.7 Å². The third-order valence-electron chi connectivity index (χ3n) is 3.55. The Hall–Kier alpha value is -2.06. The average molecular weight is 460 g/mol. The number of anilines is 1. The third-order valence-corrected chi connectivity index (χ3v) is 4.42. The molecule has 2 aromatic carbocycles. The number of hydrogen-bond acceptors (Lipinski definition) is 4. The quantitative estimate of drug-likeness (QED) is 0.362. The number of aryl methyl sites for hydroxylation is 1. The van der Waals surface area contributed by atoms with Crippen molar-refractivity contribution in [2.45, 2.75) is 16.9 Å². The maximum atomic E-state index is 12.4. The summed E-state index contributed by atoms with van der Waals surface area (Å²) in [6.45, 7) is 1.90. The van der Waals surface area contributed by atoms with Gasteiger partial charge in [-0.25, -0.2) is 0 Å². The van der Waals surface area contributed by atoms with Crippen LogP contribution in [0.15, 0.2) is 48.5 Å². The highest BCUT2D eigenvalue weighted by Crippen LogP contribution is 2.29. The molecule has 0 saturated heterocycles. The molecule has 2 aromatic rings. The molecular formula is C18H15Cl3N3O3S-. The van der Waals surface area contributed by atoms with Gasteiger partial charge in [0.15, 0.2) is 5.11 Å². The van der Waals surface area contributed by atoms with E-state index in [2.05, 4.69) is 16.0 Å². The zero-order valence-electron chi connectivity index (χ0n) is 14.5. The van der Waals surface area contributed by atoms with Crippen molar-refractivity contribution in [1.82, 2.24) is 10.6 Å². The highest BCUT2D eigenvalue weighted by atomic mass is 35.6. The van der Waals surface area contributed by atoms with Crippen molar-refractivity contribution in [1.29, 1.82) is 0 Å². The number of rotatable bonds is 5. The Bertz CT molecular complexity index is 886. The molecule has 1 atom stereocenters.